The largest absolute Gasteiger partial charge is 0.349 e. The molecule has 1 atom stereocenters. The minimum Gasteiger partial charge on any atom is -0.349 e. The molecule has 0 spiro atoms. The average molecular weight is 434 g/mol. The second kappa shape index (κ2) is 5.53. The van der Waals surface area contributed by atoms with Gasteiger partial charge in [-0.05, 0) is 53.2 Å². The Labute approximate surface area is 141 Å². The van der Waals surface area contributed by atoms with E-state index < -0.39 is 10.0 Å². The van der Waals surface area contributed by atoms with E-state index in [1.807, 2.05) is 31.3 Å². The highest BCUT2D eigenvalue weighted by Crippen LogP contribution is 2.34. The van der Waals surface area contributed by atoms with Gasteiger partial charge in [-0.3, -0.25) is 0 Å². The second-order valence-corrected chi connectivity index (χ2v) is 8.62. The Balaban J connectivity index is 2.05. The molecule has 0 bridgehead atoms. The van der Waals surface area contributed by atoms with Gasteiger partial charge in [0.15, 0.2) is 0 Å². The van der Waals surface area contributed by atoms with Gasteiger partial charge in [-0.15, -0.1) is 0 Å². The van der Waals surface area contributed by atoms with Crippen LogP contribution in [-0.2, 0) is 16.6 Å². The number of hydrogen-bond acceptors (Lipinski definition) is 2. The quantitative estimate of drug-likeness (QED) is 0.723. The molecule has 0 N–H and O–H groups in total. The molecule has 1 aromatic carbocycles. The van der Waals surface area contributed by atoms with Gasteiger partial charge < -0.3 is 4.57 Å². The highest BCUT2D eigenvalue weighted by atomic mass is 79.9. The van der Waals surface area contributed by atoms with Crippen LogP contribution in [-0.4, -0.2) is 23.8 Å². The minimum atomic E-state index is -3.54. The molecule has 0 fully saturated rings. The van der Waals surface area contributed by atoms with Gasteiger partial charge >= 0.3 is 0 Å². The molecule has 0 aliphatic carbocycles. The van der Waals surface area contributed by atoms with Crippen LogP contribution in [0.1, 0.15) is 18.7 Å². The van der Waals surface area contributed by atoms with Crippen molar-refractivity contribution in [3.05, 3.63) is 51.2 Å². The number of halogens is 2. The van der Waals surface area contributed by atoms with Crippen molar-refractivity contribution >= 4 is 41.9 Å². The lowest BCUT2D eigenvalue weighted by atomic mass is 10.2. The van der Waals surface area contributed by atoms with Crippen molar-refractivity contribution in [2.24, 2.45) is 0 Å². The predicted octanol–water partition coefficient (Wildman–Crippen LogP) is 3.78. The monoisotopic (exact) mass is 432 g/mol. The molecule has 2 heterocycles. The molecule has 2 aromatic rings. The van der Waals surface area contributed by atoms with E-state index in [0.717, 1.165) is 10.2 Å². The highest BCUT2D eigenvalue weighted by molar-refractivity contribution is 9.11. The molecule has 21 heavy (non-hydrogen) atoms. The van der Waals surface area contributed by atoms with Crippen LogP contribution in [0.3, 0.4) is 0 Å². The Bertz CT molecular complexity index is 786. The third-order valence-corrected chi connectivity index (χ3v) is 7.22. The van der Waals surface area contributed by atoms with Gasteiger partial charge in [0.1, 0.15) is 0 Å². The number of sulfonamides is 1. The molecule has 0 saturated heterocycles. The molecule has 0 radical (unpaired) electrons. The zero-order valence-electron chi connectivity index (χ0n) is 11.3. The molecule has 0 saturated carbocycles. The van der Waals surface area contributed by atoms with Gasteiger partial charge in [0.05, 0.1) is 10.9 Å². The van der Waals surface area contributed by atoms with E-state index in [0.29, 0.717) is 22.5 Å². The van der Waals surface area contributed by atoms with Crippen LogP contribution in [0, 0.1) is 0 Å². The molecule has 0 unspecified atom stereocenters. The van der Waals surface area contributed by atoms with E-state index in [2.05, 4.69) is 36.4 Å². The van der Waals surface area contributed by atoms with E-state index in [4.69, 9.17) is 0 Å². The smallest absolute Gasteiger partial charge is 0.244 e. The van der Waals surface area contributed by atoms with E-state index in [1.54, 1.807) is 16.4 Å². The van der Waals surface area contributed by atoms with E-state index in [9.17, 15) is 8.42 Å². The Morgan fingerprint density at radius 3 is 2.71 bits per heavy atom. The number of benzene rings is 1. The molecule has 112 valence electrons. The first-order valence-corrected chi connectivity index (χ1v) is 9.56. The maximum absolute atomic E-state index is 13.0. The number of aromatic nitrogens is 1. The molecule has 4 nitrogen and oxygen atoms in total. The number of fused-ring (bicyclic) bond motifs is 1. The Morgan fingerprint density at radius 1 is 1.19 bits per heavy atom. The molecular formula is C14H14Br2N2O2S. The van der Waals surface area contributed by atoms with Crippen molar-refractivity contribution in [1.29, 1.82) is 0 Å². The van der Waals surface area contributed by atoms with Crippen molar-refractivity contribution in [2.45, 2.75) is 24.4 Å². The third-order valence-electron chi connectivity index (χ3n) is 3.77. The van der Waals surface area contributed by atoms with Crippen LogP contribution in [0.15, 0.2) is 50.4 Å². The fourth-order valence-electron chi connectivity index (χ4n) is 2.69. The van der Waals surface area contributed by atoms with E-state index in [1.165, 1.54) is 0 Å². The van der Waals surface area contributed by atoms with Crippen LogP contribution in [0.4, 0.5) is 0 Å². The van der Waals surface area contributed by atoms with Gasteiger partial charge in [0, 0.05) is 33.9 Å². The molecule has 1 aliphatic heterocycles. The summed E-state index contributed by atoms with van der Waals surface area (Å²) in [7, 11) is -3.54. The average Bonchev–Trinajstić information content (AvgIpc) is 2.91. The summed E-state index contributed by atoms with van der Waals surface area (Å²) < 4.78 is 30.9. The number of hydrogen-bond donors (Lipinski definition) is 0. The van der Waals surface area contributed by atoms with Crippen molar-refractivity contribution in [3.63, 3.8) is 0 Å². The van der Waals surface area contributed by atoms with Crippen LogP contribution < -0.4 is 0 Å². The van der Waals surface area contributed by atoms with Crippen molar-refractivity contribution in [3.8, 4) is 0 Å². The molecule has 1 aromatic heterocycles. The fourth-order valence-corrected chi connectivity index (χ4v) is 5.75. The normalized spacial score (nSPS) is 19.5. The molecule has 1 aliphatic rings. The molecular weight excluding hydrogens is 420 g/mol. The van der Waals surface area contributed by atoms with E-state index in [-0.39, 0.29) is 6.04 Å². The first-order chi connectivity index (χ1) is 9.91. The predicted molar refractivity (Wildman–Crippen MR) is 88.6 cm³/mol. The van der Waals surface area contributed by atoms with Gasteiger partial charge in [0.2, 0.25) is 10.0 Å². The van der Waals surface area contributed by atoms with Crippen LogP contribution in [0.25, 0.3) is 0 Å². The second-order valence-electron chi connectivity index (χ2n) is 4.99. The molecule has 3 rings (SSSR count). The Hall–Kier alpha value is -0.630. The maximum Gasteiger partial charge on any atom is 0.244 e. The standard InChI is InChI=1S/C14H14Br2N2O2S/c1-10-13-3-2-6-17(13)7-8-18(10)21(19,20)14-9-11(15)4-5-12(14)16/h2-6,9-10H,7-8H2,1H3/t10-/m1/s1. The van der Waals surface area contributed by atoms with Crippen LogP contribution in [0.2, 0.25) is 0 Å². The Kier molecular flexibility index (Phi) is 4.02. The van der Waals surface area contributed by atoms with Crippen molar-refractivity contribution < 1.29 is 8.42 Å². The van der Waals surface area contributed by atoms with Gasteiger partial charge in [0.25, 0.3) is 0 Å². The zero-order chi connectivity index (χ0) is 15.2. The summed E-state index contributed by atoms with van der Waals surface area (Å²) in [6.07, 6.45) is 1.99. The van der Waals surface area contributed by atoms with Gasteiger partial charge in [-0.2, -0.15) is 4.31 Å². The summed E-state index contributed by atoms with van der Waals surface area (Å²) in [6.45, 7) is 3.08. The highest BCUT2D eigenvalue weighted by Gasteiger charge is 2.34. The first-order valence-electron chi connectivity index (χ1n) is 6.53. The third kappa shape index (κ3) is 2.60. The van der Waals surface area contributed by atoms with Gasteiger partial charge in [-0.1, -0.05) is 15.9 Å². The van der Waals surface area contributed by atoms with Crippen molar-refractivity contribution in [1.82, 2.24) is 8.87 Å². The number of nitrogens with zero attached hydrogens (tertiary/aromatic N) is 2. The van der Waals surface area contributed by atoms with Crippen molar-refractivity contribution in [2.75, 3.05) is 6.54 Å². The van der Waals surface area contributed by atoms with E-state index >= 15 is 0 Å². The summed E-state index contributed by atoms with van der Waals surface area (Å²) >= 11 is 6.68. The maximum atomic E-state index is 13.0. The summed E-state index contributed by atoms with van der Waals surface area (Å²) in [5.41, 5.74) is 1.02. The lowest BCUT2D eigenvalue weighted by Crippen LogP contribution is -2.40. The Morgan fingerprint density at radius 2 is 1.95 bits per heavy atom. The minimum absolute atomic E-state index is 0.176. The van der Waals surface area contributed by atoms with Crippen LogP contribution >= 0.6 is 31.9 Å². The summed E-state index contributed by atoms with van der Waals surface area (Å²) in [4.78, 5) is 0.295. The molecule has 7 heteroatoms. The summed E-state index contributed by atoms with van der Waals surface area (Å²) in [5.74, 6) is 0. The lowest BCUT2D eigenvalue weighted by Gasteiger charge is -2.34. The SMILES string of the molecule is C[C@@H]1c2cccn2CCN1S(=O)(=O)c1cc(Br)ccc1Br. The fraction of sp³-hybridized carbons (Fsp3) is 0.286. The number of rotatable bonds is 2. The molecule has 0 amide bonds. The lowest BCUT2D eigenvalue weighted by molar-refractivity contribution is 0.282. The topological polar surface area (TPSA) is 42.3 Å². The van der Waals surface area contributed by atoms with Gasteiger partial charge in [-0.25, -0.2) is 8.42 Å². The summed E-state index contributed by atoms with van der Waals surface area (Å²) in [5, 5.41) is 0. The zero-order valence-corrected chi connectivity index (χ0v) is 15.3. The first kappa shape index (κ1) is 15.3. The van der Waals surface area contributed by atoms with Crippen LogP contribution in [0.5, 0.6) is 0 Å². The summed E-state index contributed by atoms with van der Waals surface area (Å²) in [6, 6.07) is 8.95.